The number of unbranched alkanes of at least 4 members (excludes halogenated alkanes) is 1. The Morgan fingerprint density at radius 3 is 2.90 bits per heavy atom. The molecule has 1 rings (SSSR count). The van der Waals surface area contributed by atoms with Crippen molar-refractivity contribution in [3.8, 4) is 0 Å². The lowest BCUT2D eigenvalue weighted by Gasteiger charge is -2.09. The molecule has 116 valence electrons. The van der Waals surface area contributed by atoms with Crippen molar-refractivity contribution in [1.82, 2.24) is 5.32 Å². The van der Waals surface area contributed by atoms with Crippen LogP contribution in [0.5, 0.6) is 0 Å². The van der Waals surface area contributed by atoms with E-state index >= 15 is 0 Å². The molecule has 6 heteroatoms. The van der Waals surface area contributed by atoms with E-state index < -0.39 is 0 Å². The molecule has 0 aliphatic carbocycles. The van der Waals surface area contributed by atoms with Crippen LogP contribution in [0.3, 0.4) is 0 Å². The summed E-state index contributed by atoms with van der Waals surface area (Å²) in [5.41, 5.74) is 7.54. The molecule has 0 radical (unpaired) electrons. The second-order valence-corrected chi connectivity index (χ2v) is 5.72. The van der Waals surface area contributed by atoms with Crippen molar-refractivity contribution < 1.29 is 4.79 Å². The van der Waals surface area contributed by atoms with Crippen LogP contribution in [0, 0.1) is 6.92 Å². The Morgan fingerprint density at radius 1 is 1.43 bits per heavy atom. The van der Waals surface area contributed by atoms with E-state index in [-0.39, 0.29) is 5.91 Å². The Hall–Kier alpha value is -1.56. The Labute approximate surface area is 134 Å². The van der Waals surface area contributed by atoms with Crippen LogP contribution in [-0.4, -0.2) is 25.0 Å². The summed E-state index contributed by atoms with van der Waals surface area (Å²) >= 11 is 3.39. The van der Waals surface area contributed by atoms with Gasteiger partial charge in [-0.05, 0) is 31.0 Å². The quantitative estimate of drug-likeness (QED) is 0.400. The van der Waals surface area contributed by atoms with Crippen LogP contribution in [0.1, 0.15) is 31.7 Å². The first-order valence-electron chi connectivity index (χ1n) is 7.12. The van der Waals surface area contributed by atoms with Gasteiger partial charge in [0.2, 0.25) is 5.91 Å². The highest BCUT2D eigenvalue weighted by molar-refractivity contribution is 9.10. The van der Waals surface area contributed by atoms with Crippen molar-refractivity contribution in [3.05, 3.63) is 28.2 Å². The van der Waals surface area contributed by atoms with Crippen molar-refractivity contribution in [3.63, 3.8) is 0 Å². The SMILES string of the molecule is CCCCN=C(N)NCCC(=O)Nc1cc(Br)ccc1C. The highest BCUT2D eigenvalue weighted by Gasteiger charge is 2.05. The second-order valence-electron chi connectivity index (χ2n) is 4.80. The third-order valence-electron chi connectivity index (χ3n) is 2.93. The van der Waals surface area contributed by atoms with Crippen LogP contribution in [-0.2, 0) is 4.79 Å². The summed E-state index contributed by atoms with van der Waals surface area (Å²) in [4.78, 5) is 16.0. The number of halogens is 1. The highest BCUT2D eigenvalue weighted by Crippen LogP contribution is 2.20. The summed E-state index contributed by atoms with van der Waals surface area (Å²) in [5.74, 6) is 0.347. The molecule has 0 spiro atoms. The maximum atomic E-state index is 11.9. The van der Waals surface area contributed by atoms with Crippen molar-refractivity contribution in [2.75, 3.05) is 18.4 Å². The molecule has 0 aliphatic heterocycles. The molecule has 0 unspecified atom stereocenters. The van der Waals surface area contributed by atoms with E-state index in [0.717, 1.165) is 35.1 Å². The van der Waals surface area contributed by atoms with Gasteiger partial charge in [0.1, 0.15) is 0 Å². The van der Waals surface area contributed by atoms with Crippen molar-refractivity contribution in [1.29, 1.82) is 0 Å². The molecule has 4 N–H and O–H groups in total. The molecule has 0 heterocycles. The van der Waals surface area contributed by atoms with E-state index in [4.69, 9.17) is 5.73 Å². The second kappa shape index (κ2) is 9.39. The zero-order valence-electron chi connectivity index (χ0n) is 12.6. The summed E-state index contributed by atoms with van der Waals surface area (Å²) in [6.07, 6.45) is 2.45. The summed E-state index contributed by atoms with van der Waals surface area (Å²) in [7, 11) is 0. The van der Waals surface area contributed by atoms with Crippen LogP contribution in [0.2, 0.25) is 0 Å². The number of benzene rings is 1. The van der Waals surface area contributed by atoms with E-state index in [1.54, 1.807) is 0 Å². The molecular weight excluding hydrogens is 332 g/mol. The molecule has 0 saturated carbocycles. The van der Waals surface area contributed by atoms with Crippen molar-refractivity contribution in [2.24, 2.45) is 10.7 Å². The van der Waals surface area contributed by atoms with Gasteiger partial charge >= 0.3 is 0 Å². The third-order valence-corrected chi connectivity index (χ3v) is 3.42. The summed E-state index contributed by atoms with van der Waals surface area (Å²) in [6, 6.07) is 5.79. The number of nitrogens with zero attached hydrogens (tertiary/aromatic N) is 1. The van der Waals surface area contributed by atoms with Gasteiger partial charge in [-0.15, -0.1) is 0 Å². The molecule has 0 aromatic heterocycles. The summed E-state index contributed by atoms with van der Waals surface area (Å²) in [6.45, 7) is 5.26. The van der Waals surface area contributed by atoms with E-state index in [1.807, 2.05) is 25.1 Å². The lowest BCUT2D eigenvalue weighted by atomic mass is 10.2. The maximum absolute atomic E-state index is 11.9. The molecule has 0 fully saturated rings. The average molecular weight is 355 g/mol. The van der Waals surface area contributed by atoms with Gasteiger partial charge in [-0.25, -0.2) is 0 Å². The number of amides is 1. The zero-order valence-corrected chi connectivity index (χ0v) is 14.2. The fraction of sp³-hybridized carbons (Fsp3) is 0.467. The minimum atomic E-state index is -0.0509. The molecule has 1 aromatic carbocycles. The van der Waals surface area contributed by atoms with Crippen LogP contribution in [0.15, 0.2) is 27.7 Å². The number of nitrogens with one attached hydrogen (secondary N) is 2. The standard InChI is InChI=1S/C15H23BrN4O/c1-3-4-8-18-15(17)19-9-7-14(21)20-13-10-12(16)6-5-11(13)2/h5-6,10H,3-4,7-9H2,1-2H3,(H,20,21)(H3,17,18,19). The van der Waals surface area contributed by atoms with E-state index in [9.17, 15) is 4.79 Å². The number of nitrogens with two attached hydrogens (primary N) is 1. The maximum Gasteiger partial charge on any atom is 0.226 e. The van der Waals surface area contributed by atoms with E-state index in [2.05, 4.69) is 38.5 Å². The lowest BCUT2D eigenvalue weighted by molar-refractivity contribution is -0.116. The average Bonchev–Trinajstić information content (AvgIpc) is 2.43. The largest absolute Gasteiger partial charge is 0.370 e. The van der Waals surface area contributed by atoms with E-state index in [0.29, 0.717) is 18.9 Å². The number of carbonyl (C=O) groups is 1. The van der Waals surface area contributed by atoms with Gasteiger partial charge in [-0.3, -0.25) is 9.79 Å². The van der Waals surface area contributed by atoms with Crippen LogP contribution >= 0.6 is 15.9 Å². The number of hydrogen-bond acceptors (Lipinski definition) is 2. The van der Waals surface area contributed by atoms with Crippen molar-refractivity contribution >= 4 is 33.5 Å². The summed E-state index contributed by atoms with van der Waals surface area (Å²) < 4.78 is 0.939. The predicted octanol–water partition coefficient (Wildman–Crippen LogP) is 2.79. The number of hydrogen-bond donors (Lipinski definition) is 3. The Balaban J connectivity index is 2.34. The number of anilines is 1. The topological polar surface area (TPSA) is 79.5 Å². The Morgan fingerprint density at radius 2 is 2.19 bits per heavy atom. The molecule has 5 nitrogen and oxygen atoms in total. The van der Waals surface area contributed by atoms with Gasteiger partial charge < -0.3 is 16.4 Å². The predicted molar refractivity (Wildman–Crippen MR) is 91.5 cm³/mol. The molecule has 0 aliphatic rings. The van der Waals surface area contributed by atoms with Gasteiger partial charge in [0.05, 0.1) is 0 Å². The molecule has 0 atom stereocenters. The molecular formula is C15H23BrN4O. The van der Waals surface area contributed by atoms with Gasteiger partial charge in [0.25, 0.3) is 0 Å². The normalized spacial score (nSPS) is 11.3. The fourth-order valence-electron chi connectivity index (χ4n) is 1.66. The fourth-order valence-corrected chi connectivity index (χ4v) is 2.02. The number of aryl methyl sites for hydroxylation is 1. The summed E-state index contributed by atoms with van der Waals surface area (Å²) in [5, 5.41) is 5.83. The van der Waals surface area contributed by atoms with E-state index in [1.165, 1.54) is 0 Å². The number of guanidine groups is 1. The molecule has 0 saturated heterocycles. The number of aliphatic imine (C=N–C) groups is 1. The van der Waals surface area contributed by atoms with Crippen LogP contribution in [0.4, 0.5) is 5.69 Å². The zero-order chi connectivity index (χ0) is 15.7. The van der Waals surface area contributed by atoms with Gasteiger partial charge in [-0.1, -0.05) is 35.3 Å². The lowest BCUT2D eigenvalue weighted by Crippen LogP contribution is -2.34. The molecule has 1 amide bonds. The Kier molecular flexibility index (Phi) is 7.82. The Bertz CT molecular complexity index is 502. The van der Waals surface area contributed by atoms with Crippen molar-refractivity contribution in [2.45, 2.75) is 33.1 Å². The first kappa shape index (κ1) is 17.5. The highest BCUT2D eigenvalue weighted by atomic mass is 79.9. The first-order chi connectivity index (χ1) is 10.0. The molecule has 21 heavy (non-hydrogen) atoms. The van der Waals surface area contributed by atoms with Crippen LogP contribution < -0.4 is 16.4 Å². The van der Waals surface area contributed by atoms with Gasteiger partial charge in [-0.2, -0.15) is 0 Å². The monoisotopic (exact) mass is 354 g/mol. The third kappa shape index (κ3) is 7.13. The smallest absolute Gasteiger partial charge is 0.226 e. The molecule has 1 aromatic rings. The minimum Gasteiger partial charge on any atom is -0.370 e. The van der Waals surface area contributed by atoms with Gasteiger partial charge in [0, 0.05) is 29.7 Å². The number of rotatable bonds is 7. The number of carbonyl (C=O) groups excluding carboxylic acids is 1. The van der Waals surface area contributed by atoms with Gasteiger partial charge in [0.15, 0.2) is 5.96 Å². The van der Waals surface area contributed by atoms with Crippen LogP contribution in [0.25, 0.3) is 0 Å². The molecule has 0 bridgehead atoms. The first-order valence-corrected chi connectivity index (χ1v) is 7.92. The minimum absolute atomic E-state index is 0.0509.